The van der Waals surface area contributed by atoms with Gasteiger partial charge in [0.15, 0.2) is 0 Å². The van der Waals surface area contributed by atoms with Crippen LogP contribution < -0.4 is 0 Å². The number of hydrogen-bond acceptors (Lipinski definition) is 4. The van der Waals surface area contributed by atoms with E-state index in [-0.39, 0.29) is 11.9 Å². The smallest absolute Gasteiger partial charge is 0.150 e. The lowest BCUT2D eigenvalue weighted by Gasteiger charge is -2.27. The summed E-state index contributed by atoms with van der Waals surface area (Å²) in [5.74, 6) is 0. The van der Waals surface area contributed by atoms with E-state index in [1.807, 2.05) is 24.3 Å². The fourth-order valence-electron chi connectivity index (χ4n) is 2.46. The van der Waals surface area contributed by atoms with Gasteiger partial charge in [-0.2, -0.15) is 0 Å². The topological polar surface area (TPSA) is 54.4 Å². The third-order valence-corrected chi connectivity index (χ3v) is 6.54. The highest BCUT2D eigenvalue weighted by atomic mass is 32.2. The van der Waals surface area contributed by atoms with E-state index in [2.05, 4.69) is 0 Å². The Hall–Kier alpha value is -0.520. The summed E-state index contributed by atoms with van der Waals surface area (Å²) in [6.07, 6.45) is 4.98. The Bertz CT molecular complexity index is 508. The summed E-state index contributed by atoms with van der Waals surface area (Å²) in [7, 11) is -2.91. The lowest BCUT2D eigenvalue weighted by molar-refractivity contribution is 0.282. The van der Waals surface area contributed by atoms with E-state index >= 15 is 0 Å². The van der Waals surface area contributed by atoms with Crippen LogP contribution in [0.15, 0.2) is 29.2 Å². The van der Waals surface area contributed by atoms with Crippen molar-refractivity contribution >= 4 is 21.6 Å². The van der Waals surface area contributed by atoms with Gasteiger partial charge in [0.2, 0.25) is 0 Å². The molecule has 1 aromatic carbocycles. The van der Waals surface area contributed by atoms with Crippen molar-refractivity contribution in [2.75, 3.05) is 6.26 Å². The van der Waals surface area contributed by atoms with Crippen molar-refractivity contribution in [2.24, 2.45) is 0 Å². The van der Waals surface area contributed by atoms with Crippen molar-refractivity contribution < 1.29 is 13.5 Å². The molecule has 5 heteroatoms. The van der Waals surface area contributed by atoms with Crippen molar-refractivity contribution in [1.29, 1.82) is 0 Å². The van der Waals surface area contributed by atoms with Crippen LogP contribution in [0.1, 0.15) is 31.2 Å². The first-order valence-corrected chi connectivity index (χ1v) is 9.38. The van der Waals surface area contributed by atoms with Gasteiger partial charge in [0.1, 0.15) is 9.84 Å². The van der Waals surface area contributed by atoms with Crippen LogP contribution in [-0.4, -0.2) is 30.3 Å². The number of benzene rings is 1. The molecule has 0 spiro atoms. The zero-order valence-corrected chi connectivity index (χ0v) is 12.7. The molecule has 1 N–H and O–H groups in total. The van der Waals surface area contributed by atoms with Crippen molar-refractivity contribution in [3.63, 3.8) is 0 Å². The van der Waals surface area contributed by atoms with Crippen LogP contribution in [0.5, 0.6) is 0 Å². The van der Waals surface area contributed by atoms with E-state index in [0.29, 0.717) is 5.25 Å². The standard InChI is InChI=1S/C14H20O3S2/c1-19(16,17)14-4-2-3-13(9-14)18-12-7-5-11(10-15)6-8-12/h5-8,13-15H,2-4,9-10H2,1H3. The van der Waals surface area contributed by atoms with Gasteiger partial charge in [0.05, 0.1) is 11.9 Å². The molecule has 0 aromatic heterocycles. The molecule has 2 rings (SSSR count). The summed E-state index contributed by atoms with van der Waals surface area (Å²) in [5, 5.41) is 9.21. The molecule has 1 saturated carbocycles. The predicted molar refractivity (Wildman–Crippen MR) is 79.1 cm³/mol. The van der Waals surface area contributed by atoms with Gasteiger partial charge in [-0.3, -0.25) is 0 Å². The molecule has 19 heavy (non-hydrogen) atoms. The molecule has 0 bridgehead atoms. The van der Waals surface area contributed by atoms with Crippen molar-refractivity contribution in [3.05, 3.63) is 29.8 Å². The predicted octanol–water partition coefficient (Wildman–Crippen LogP) is 2.63. The molecule has 1 aliphatic carbocycles. The molecule has 1 aliphatic rings. The Balaban J connectivity index is 1.98. The average Bonchev–Trinajstić information content (AvgIpc) is 2.39. The van der Waals surface area contributed by atoms with Crippen molar-refractivity contribution in [3.8, 4) is 0 Å². The maximum atomic E-state index is 11.6. The van der Waals surface area contributed by atoms with E-state index in [9.17, 15) is 8.42 Å². The van der Waals surface area contributed by atoms with Crippen molar-refractivity contribution in [2.45, 2.75) is 47.7 Å². The van der Waals surface area contributed by atoms with E-state index < -0.39 is 9.84 Å². The minimum absolute atomic E-state index is 0.0600. The molecule has 0 heterocycles. The summed E-state index contributed by atoms with van der Waals surface area (Å²) in [6, 6.07) is 7.83. The normalized spacial score (nSPS) is 24.3. The maximum absolute atomic E-state index is 11.6. The van der Waals surface area contributed by atoms with Crippen LogP contribution in [0.4, 0.5) is 0 Å². The van der Waals surface area contributed by atoms with E-state index in [0.717, 1.165) is 36.1 Å². The third kappa shape index (κ3) is 4.23. The largest absolute Gasteiger partial charge is 0.392 e. The minimum Gasteiger partial charge on any atom is -0.392 e. The van der Waals surface area contributed by atoms with Crippen LogP contribution in [0.3, 0.4) is 0 Å². The van der Waals surface area contributed by atoms with Gasteiger partial charge < -0.3 is 5.11 Å². The molecule has 2 unspecified atom stereocenters. The molecule has 106 valence electrons. The second kappa shape index (κ2) is 6.29. The Labute approximate surface area is 119 Å². The summed E-state index contributed by atoms with van der Waals surface area (Å²) < 4.78 is 23.3. The SMILES string of the molecule is CS(=O)(=O)C1CCCC(Sc2ccc(CO)cc2)C1. The minimum atomic E-state index is -2.91. The second-order valence-corrected chi connectivity index (χ2v) is 8.86. The molecule has 3 nitrogen and oxygen atoms in total. The fourth-order valence-corrected chi connectivity index (χ4v) is 5.05. The van der Waals surface area contributed by atoms with Gasteiger partial charge in [-0.1, -0.05) is 18.6 Å². The highest BCUT2D eigenvalue weighted by molar-refractivity contribution is 8.00. The quantitative estimate of drug-likeness (QED) is 0.928. The van der Waals surface area contributed by atoms with E-state index in [4.69, 9.17) is 5.11 Å². The number of thioether (sulfide) groups is 1. The molecular weight excluding hydrogens is 280 g/mol. The molecule has 0 amide bonds. The Morgan fingerprint density at radius 2 is 1.95 bits per heavy atom. The number of rotatable bonds is 4. The van der Waals surface area contributed by atoms with Gasteiger partial charge in [-0.15, -0.1) is 11.8 Å². The molecule has 0 radical (unpaired) electrons. The zero-order valence-electron chi connectivity index (χ0n) is 11.1. The first kappa shape index (κ1) is 14.9. The highest BCUT2D eigenvalue weighted by Gasteiger charge is 2.29. The summed E-state index contributed by atoms with van der Waals surface area (Å²) in [4.78, 5) is 1.15. The number of hydrogen-bond donors (Lipinski definition) is 1. The van der Waals surface area contributed by atoms with Crippen LogP contribution in [0.2, 0.25) is 0 Å². The monoisotopic (exact) mass is 300 g/mol. The van der Waals surface area contributed by atoms with Crippen LogP contribution in [0.25, 0.3) is 0 Å². The lowest BCUT2D eigenvalue weighted by atomic mass is 10.00. The van der Waals surface area contributed by atoms with Crippen molar-refractivity contribution in [1.82, 2.24) is 0 Å². The van der Waals surface area contributed by atoms with Gasteiger partial charge in [0.25, 0.3) is 0 Å². The number of aliphatic hydroxyl groups excluding tert-OH is 1. The highest BCUT2D eigenvalue weighted by Crippen LogP contribution is 2.35. The van der Waals surface area contributed by atoms with Gasteiger partial charge in [-0.05, 0) is 37.0 Å². The van der Waals surface area contributed by atoms with Gasteiger partial charge in [-0.25, -0.2) is 8.42 Å². The average molecular weight is 300 g/mol. The fraction of sp³-hybridized carbons (Fsp3) is 0.571. The molecule has 1 aromatic rings. The molecule has 0 saturated heterocycles. The zero-order chi connectivity index (χ0) is 13.9. The van der Waals surface area contributed by atoms with Gasteiger partial charge >= 0.3 is 0 Å². The van der Waals surface area contributed by atoms with Crippen LogP contribution >= 0.6 is 11.8 Å². The third-order valence-electron chi connectivity index (χ3n) is 3.59. The van der Waals surface area contributed by atoms with Crippen LogP contribution in [-0.2, 0) is 16.4 Å². The second-order valence-electron chi connectivity index (χ2n) is 5.16. The first-order valence-electron chi connectivity index (χ1n) is 6.54. The number of aliphatic hydroxyl groups is 1. The Kier molecular flexibility index (Phi) is 4.92. The molecule has 0 aliphatic heterocycles. The Morgan fingerprint density at radius 3 is 2.53 bits per heavy atom. The lowest BCUT2D eigenvalue weighted by Crippen LogP contribution is -2.28. The van der Waals surface area contributed by atoms with Crippen LogP contribution in [0, 0.1) is 0 Å². The van der Waals surface area contributed by atoms with Gasteiger partial charge in [0, 0.05) is 16.4 Å². The van der Waals surface area contributed by atoms with E-state index in [1.54, 1.807) is 11.8 Å². The van der Waals surface area contributed by atoms with E-state index in [1.165, 1.54) is 6.26 Å². The molecule has 1 fully saturated rings. The maximum Gasteiger partial charge on any atom is 0.150 e. The Morgan fingerprint density at radius 1 is 1.26 bits per heavy atom. The first-order chi connectivity index (χ1) is 8.99. The molecule has 2 atom stereocenters. The summed E-state index contributed by atoms with van der Waals surface area (Å²) >= 11 is 1.76. The molecular formula is C14H20O3S2. The summed E-state index contributed by atoms with van der Waals surface area (Å²) in [6.45, 7) is 0.0600. The summed E-state index contributed by atoms with van der Waals surface area (Å²) in [5.41, 5.74) is 0.905. The number of sulfone groups is 1.